The van der Waals surface area contributed by atoms with Crippen molar-refractivity contribution in [3.8, 4) is 0 Å². The fourth-order valence-corrected chi connectivity index (χ4v) is 5.47. The van der Waals surface area contributed by atoms with Crippen LogP contribution in [0.5, 0.6) is 0 Å². The van der Waals surface area contributed by atoms with Gasteiger partial charge in [-0.15, -0.1) is 0 Å². The summed E-state index contributed by atoms with van der Waals surface area (Å²) in [4.78, 5) is 47.2. The van der Waals surface area contributed by atoms with Crippen molar-refractivity contribution in [3.63, 3.8) is 0 Å². The number of likely N-dealkylation sites (tertiary alicyclic amines) is 1. The predicted molar refractivity (Wildman–Crippen MR) is 162 cm³/mol. The number of hydrogen-bond donors (Lipinski definition) is 4. The summed E-state index contributed by atoms with van der Waals surface area (Å²) in [6, 6.07) is 8.71. The first-order valence-corrected chi connectivity index (χ1v) is 15.1. The minimum absolute atomic E-state index is 0.0263. The molecule has 22 heteroatoms. The quantitative estimate of drug-likeness (QED) is 0.280. The van der Waals surface area contributed by atoms with Crippen LogP contribution in [-0.2, 0) is 37.7 Å². The Labute approximate surface area is 288 Å². The summed E-state index contributed by atoms with van der Waals surface area (Å²) in [5.74, 6) is -7.38. The molecular weight excluding hydrogens is 727 g/mol. The third-order valence-electron chi connectivity index (χ3n) is 8.00. The van der Waals surface area contributed by atoms with E-state index in [0.717, 1.165) is 70.4 Å². The molecule has 1 spiro atoms. The van der Waals surface area contributed by atoms with Crippen molar-refractivity contribution in [1.82, 2.24) is 24.8 Å². The number of para-hydroxylation sites is 1. The van der Waals surface area contributed by atoms with Crippen molar-refractivity contribution >= 4 is 34.8 Å². The summed E-state index contributed by atoms with van der Waals surface area (Å²) in [6.45, 7) is 8.48. The van der Waals surface area contributed by atoms with Gasteiger partial charge in [0.15, 0.2) is 0 Å². The Bertz CT molecular complexity index is 1640. The zero-order valence-electron chi connectivity index (χ0n) is 27.1. The van der Waals surface area contributed by atoms with Gasteiger partial charge in [-0.3, -0.25) is 4.90 Å². The zero-order valence-corrected chi connectivity index (χ0v) is 27.1. The number of alkyl halides is 9. The Morgan fingerprint density at radius 2 is 1.42 bits per heavy atom. The maximum absolute atomic E-state index is 10.6. The topological polar surface area (TPSA) is 172 Å². The standard InChI is InChI=1S/C24H30N6O.3C2HF3O2/c1-28-9-11-30(12-10-28)23-26-13-20-15-31-17-24(22(20)27-23)6-8-29(16-24)14-19-4-2-3-18-5-7-25-21(18)19;3*3-2(4,5)1(6)7/h2-5,7,13,25H,6,8-12,14-17H2,1H3;3*(H,6,7). The molecule has 6 rings (SSSR count). The molecule has 3 aliphatic rings. The summed E-state index contributed by atoms with van der Waals surface area (Å²) in [5.41, 5.74) is 4.98. The van der Waals surface area contributed by atoms with Crippen LogP contribution in [0.1, 0.15) is 23.2 Å². The molecule has 0 aliphatic carbocycles. The van der Waals surface area contributed by atoms with Crippen molar-refractivity contribution in [1.29, 1.82) is 0 Å². The second kappa shape index (κ2) is 16.8. The molecule has 5 heterocycles. The van der Waals surface area contributed by atoms with Crippen molar-refractivity contribution < 1.29 is 74.0 Å². The van der Waals surface area contributed by atoms with Crippen molar-refractivity contribution in [3.05, 3.63) is 53.5 Å². The molecule has 288 valence electrons. The summed E-state index contributed by atoms with van der Waals surface area (Å²) in [7, 11) is 2.18. The number of H-pyrrole nitrogens is 1. The average molecular weight is 761 g/mol. The first-order valence-electron chi connectivity index (χ1n) is 15.1. The molecule has 2 aromatic heterocycles. The van der Waals surface area contributed by atoms with Gasteiger partial charge in [-0.2, -0.15) is 39.5 Å². The highest BCUT2D eigenvalue weighted by Crippen LogP contribution is 2.40. The van der Waals surface area contributed by atoms with Gasteiger partial charge in [0.25, 0.3) is 0 Å². The van der Waals surface area contributed by atoms with Gasteiger partial charge in [0.05, 0.1) is 24.3 Å². The van der Waals surface area contributed by atoms with Crippen LogP contribution in [0, 0.1) is 0 Å². The Hall–Kier alpha value is -4.70. The van der Waals surface area contributed by atoms with Gasteiger partial charge in [0, 0.05) is 62.7 Å². The largest absolute Gasteiger partial charge is 0.490 e. The van der Waals surface area contributed by atoms with Crippen LogP contribution in [0.4, 0.5) is 45.5 Å². The Morgan fingerprint density at radius 1 is 0.865 bits per heavy atom. The first-order chi connectivity index (χ1) is 24.0. The van der Waals surface area contributed by atoms with E-state index >= 15 is 0 Å². The smallest absolute Gasteiger partial charge is 0.475 e. The fraction of sp³-hybridized carbons (Fsp3) is 0.500. The molecule has 4 N–H and O–H groups in total. The summed E-state index contributed by atoms with van der Waals surface area (Å²) < 4.78 is 101. The minimum atomic E-state index is -5.08. The van der Waals surface area contributed by atoms with Gasteiger partial charge in [-0.1, -0.05) is 18.2 Å². The molecule has 1 aromatic carbocycles. The fourth-order valence-electron chi connectivity index (χ4n) is 5.47. The van der Waals surface area contributed by atoms with E-state index in [4.69, 9.17) is 44.4 Å². The van der Waals surface area contributed by atoms with Gasteiger partial charge in [-0.05, 0) is 37.0 Å². The highest BCUT2D eigenvalue weighted by molar-refractivity contribution is 5.82. The van der Waals surface area contributed by atoms with Gasteiger partial charge in [0.2, 0.25) is 5.95 Å². The van der Waals surface area contributed by atoms with Crippen molar-refractivity contribution in [2.45, 2.75) is 43.5 Å². The number of anilines is 1. The number of carboxylic acids is 3. The molecule has 3 aliphatic heterocycles. The lowest BCUT2D eigenvalue weighted by Gasteiger charge is -2.36. The minimum Gasteiger partial charge on any atom is -0.475 e. The zero-order chi connectivity index (χ0) is 39.1. The highest BCUT2D eigenvalue weighted by atomic mass is 19.4. The number of nitrogens with zero attached hydrogens (tertiary/aromatic N) is 5. The maximum Gasteiger partial charge on any atom is 0.490 e. The third-order valence-corrected chi connectivity index (χ3v) is 8.00. The lowest BCUT2D eigenvalue weighted by atomic mass is 9.80. The number of ether oxygens (including phenoxy) is 1. The number of rotatable bonds is 3. The van der Waals surface area contributed by atoms with Crippen LogP contribution in [0.2, 0.25) is 0 Å². The summed E-state index contributed by atoms with van der Waals surface area (Å²) in [5, 5.41) is 22.7. The van der Waals surface area contributed by atoms with E-state index in [-0.39, 0.29) is 5.41 Å². The van der Waals surface area contributed by atoms with Crippen LogP contribution in [0.25, 0.3) is 10.9 Å². The Balaban J connectivity index is 0.000000285. The van der Waals surface area contributed by atoms with E-state index in [1.807, 2.05) is 12.4 Å². The van der Waals surface area contributed by atoms with Crippen LogP contribution in [0.3, 0.4) is 0 Å². The molecule has 0 radical (unpaired) electrons. The van der Waals surface area contributed by atoms with Gasteiger partial charge in [-0.25, -0.2) is 24.4 Å². The number of aromatic amines is 1. The number of halogens is 9. The number of likely N-dealkylation sites (N-methyl/N-ethyl adjacent to an activating group) is 1. The van der Waals surface area contributed by atoms with Crippen molar-refractivity contribution in [2.24, 2.45) is 0 Å². The lowest BCUT2D eigenvalue weighted by Crippen LogP contribution is -2.46. The number of nitrogens with one attached hydrogen (secondary N) is 1. The lowest BCUT2D eigenvalue weighted by molar-refractivity contribution is -0.193. The number of benzene rings is 1. The average Bonchev–Trinajstić information content (AvgIpc) is 3.69. The van der Waals surface area contributed by atoms with E-state index in [1.165, 1.54) is 22.2 Å². The molecule has 13 nitrogen and oxygen atoms in total. The van der Waals surface area contributed by atoms with E-state index in [9.17, 15) is 39.5 Å². The van der Waals surface area contributed by atoms with Crippen LogP contribution < -0.4 is 4.90 Å². The second-order valence-electron chi connectivity index (χ2n) is 11.8. The molecule has 52 heavy (non-hydrogen) atoms. The van der Waals surface area contributed by atoms with E-state index < -0.39 is 36.4 Å². The number of piperazine rings is 1. The third kappa shape index (κ3) is 11.4. The molecule has 0 bridgehead atoms. The predicted octanol–water partition coefficient (Wildman–Crippen LogP) is 4.28. The molecule has 2 fully saturated rings. The summed E-state index contributed by atoms with van der Waals surface area (Å²) in [6.07, 6.45) is -10.1. The normalized spacial score (nSPS) is 19.4. The Kier molecular flexibility index (Phi) is 13.4. The number of hydrogen-bond acceptors (Lipinski definition) is 9. The first kappa shape index (κ1) is 41.7. The number of carbonyl (C=O) groups is 3. The molecular formula is C30H33F9N6O7. The van der Waals surface area contributed by atoms with Gasteiger partial charge >= 0.3 is 36.4 Å². The SMILES string of the molecule is CN1CCN(c2ncc3c(n2)C2(CCN(Cc4cccc5cc[nH]c45)C2)COC3)CC1.O=C(O)C(F)(F)F.O=C(O)C(F)(F)F.O=C(O)C(F)(F)F. The van der Waals surface area contributed by atoms with Crippen LogP contribution in [-0.4, -0.2) is 129 Å². The summed E-state index contributed by atoms with van der Waals surface area (Å²) >= 11 is 0. The Morgan fingerprint density at radius 3 is 1.96 bits per heavy atom. The monoisotopic (exact) mass is 760 g/mol. The van der Waals surface area contributed by atoms with Crippen LogP contribution >= 0.6 is 0 Å². The number of aliphatic carboxylic acids is 3. The molecule has 3 aromatic rings. The van der Waals surface area contributed by atoms with E-state index in [0.29, 0.717) is 6.61 Å². The van der Waals surface area contributed by atoms with E-state index in [2.05, 4.69) is 51.0 Å². The van der Waals surface area contributed by atoms with Crippen LogP contribution in [0.15, 0.2) is 36.7 Å². The highest BCUT2D eigenvalue weighted by Gasteiger charge is 2.45. The molecule has 0 amide bonds. The molecule has 2 saturated heterocycles. The van der Waals surface area contributed by atoms with E-state index in [1.54, 1.807) is 0 Å². The van der Waals surface area contributed by atoms with Crippen molar-refractivity contribution in [2.75, 3.05) is 57.8 Å². The van der Waals surface area contributed by atoms with Gasteiger partial charge < -0.3 is 34.8 Å². The molecule has 1 atom stereocenters. The number of aromatic nitrogens is 3. The number of fused-ring (bicyclic) bond motifs is 3. The second-order valence-corrected chi connectivity index (χ2v) is 11.8. The molecule has 1 unspecified atom stereocenters. The van der Waals surface area contributed by atoms with Gasteiger partial charge in [0.1, 0.15) is 0 Å². The molecule has 0 saturated carbocycles. The number of carboxylic acid groups (broad SMARTS) is 3. The maximum atomic E-state index is 10.6.